The topological polar surface area (TPSA) is 42.7 Å². The monoisotopic (exact) mass is 220 g/mol. The molecule has 1 saturated carbocycles. The van der Waals surface area contributed by atoms with Crippen molar-refractivity contribution in [1.29, 1.82) is 0 Å². The van der Waals surface area contributed by atoms with Crippen molar-refractivity contribution < 1.29 is 0 Å². The Bertz CT molecular complexity index is 386. The second-order valence-electron chi connectivity index (χ2n) is 5.51. The van der Waals surface area contributed by atoms with Crippen LogP contribution in [0.3, 0.4) is 0 Å². The predicted octanol–water partition coefficient (Wildman–Crippen LogP) is 1.56. The molecule has 0 amide bonds. The van der Waals surface area contributed by atoms with Gasteiger partial charge in [0.05, 0.1) is 0 Å². The van der Waals surface area contributed by atoms with Gasteiger partial charge in [0.2, 0.25) is 0 Å². The van der Waals surface area contributed by atoms with E-state index in [0.29, 0.717) is 6.04 Å². The zero-order valence-corrected chi connectivity index (χ0v) is 10.2. The minimum absolute atomic E-state index is 0.183. The van der Waals surface area contributed by atoms with Crippen molar-refractivity contribution in [2.24, 2.45) is 0 Å². The van der Waals surface area contributed by atoms with Crippen molar-refractivity contribution in [2.45, 2.75) is 51.0 Å². The first kappa shape index (κ1) is 10.3. The molecule has 1 aromatic rings. The smallest absolute Gasteiger partial charge is 0.140 e. The van der Waals surface area contributed by atoms with Crippen molar-refractivity contribution in [2.75, 3.05) is 13.1 Å². The van der Waals surface area contributed by atoms with Crippen molar-refractivity contribution >= 4 is 0 Å². The van der Waals surface area contributed by atoms with Gasteiger partial charge in [-0.05, 0) is 39.2 Å². The van der Waals surface area contributed by atoms with E-state index in [1.54, 1.807) is 0 Å². The molecule has 2 fully saturated rings. The summed E-state index contributed by atoms with van der Waals surface area (Å²) >= 11 is 0. The molecule has 1 unspecified atom stereocenters. The molecule has 1 N–H and O–H groups in total. The number of aryl methyl sites for hydroxylation is 1. The third-order valence-electron chi connectivity index (χ3n) is 3.92. The first-order valence-electron chi connectivity index (χ1n) is 6.33. The molecule has 1 aliphatic heterocycles. The van der Waals surface area contributed by atoms with Crippen LogP contribution in [-0.4, -0.2) is 27.9 Å². The summed E-state index contributed by atoms with van der Waals surface area (Å²) in [4.78, 5) is 0. The number of piperidine rings is 1. The highest BCUT2D eigenvalue weighted by Crippen LogP contribution is 2.40. The maximum atomic E-state index is 4.45. The van der Waals surface area contributed by atoms with Crippen LogP contribution in [0.2, 0.25) is 0 Å². The van der Waals surface area contributed by atoms with Crippen LogP contribution in [-0.2, 0) is 5.41 Å². The van der Waals surface area contributed by atoms with Gasteiger partial charge < -0.3 is 9.88 Å². The highest BCUT2D eigenvalue weighted by molar-refractivity contribution is 5.14. The molecule has 1 aromatic heterocycles. The second kappa shape index (κ2) is 3.55. The quantitative estimate of drug-likeness (QED) is 0.822. The van der Waals surface area contributed by atoms with E-state index in [9.17, 15) is 0 Å². The van der Waals surface area contributed by atoms with Gasteiger partial charge in [0.25, 0.3) is 0 Å². The fourth-order valence-corrected chi connectivity index (χ4v) is 2.80. The van der Waals surface area contributed by atoms with Gasteiger partial charge in [-0.25, -0.2) is 0 Å². The molecule has 1 saturated heterocycles. The molecule has 0 aromatic carbocycles. The first-order chi connectivity index (χ1) is 7.71. The number of hydrogen-bond acceptors (Lipinski definition) is 3. The molecule has 1 atom stereocenters. The van der Waals surface area contributed by atoms with Crippen LogP contribution in [0.5, 0.6) is 0 Å². The van der Waals surface area contributed by atoms with Gasteiger partial charge in [0.15, 0.2) is 0 Å². The van der Waals surface area contributed by atoms with Gasteiger partial charge in [0, 0.05) is 18.0 Å². The summed E-state index contributed by atoms with van der Waals surface area (Å²) in [7, 11) is 0. The number of aromatic nitrogens is 3. The Morgan fingerprint density at radius 2 is 2.19 bits per heavy atom. The van der Waals surface area contributed by atoms with E-state index in [1.807, 2.05) is 0 Å². The van der Waals surface area contributed by atoms with Crippen molar-refractivity contribution in [3.8, 4) is 0 Å². The van der Waals surface area contributed by atoms with Crippen LogP contribution in [0.15, 0.2) is 0 Å². The van der Waals surface area contributed by atoms with Gasteiger partial charge >= 0.3 is 0 Å². The van der Waals surface area contributed by atoms with E-state index < -0.39 is 0 Å². The fraction of sp³-hybridized carbons (Fsp3) is 0.833. The van der Waals surface area contributed by atoms with Crippen molar-refractivity contribution in [3.05, 3.63) is 11.6 Å². The number of rotatable bonds is 2. The normalized spacial score (nSPS) is 30.6. The van der Waals surface area contributed by atoms with Crippen LogP contribution in [0, 0.1) is 6.92 Å². The number of nitrogens with one attached hydrogen (secondary N) is 1. The lowest BCUT2D eigenvalue weighted by Crippen LogP contribution is -2.43. The van der Waals surface area contributed by atoms with Crippen LogP contribution >= 0.6 is 0 Å². The van der Waals surface area contributed by atoms with Crippen LogP contribution in [0.1, 0.15) is 50.3 Å². The van der Waals surface area contributed by atoms with Gasteiger partial charge in [-0.15, -0.1) is 10.2 Å². The fourth-order valence-electron chi connectivity index (χ4n) is 2.80. The molecule has 1 aliphatic carbocycles. The van der Waals surface area contributed by atoms with E-state index in [4.69, 9.17) is 0 Å². The SMILES string of the molecule is Cc1nnc(C2(C)CCCNC2)n1C1CC1. The molecule has 0 radical (unpaired) electrons. The minimum Gasteiger partial charge on any atom is -0.316 e. The lowest BCUT2D eigenvalue weighted by Gasteiger charge is -2.33. The molecule has 0 spiro atoms. The third-order valence-corrected chi connectivity index (χ3v) is 3.92. The summed E-state index contributed by atoms with van der Waals surface area (Å²) < 4.78 is 2.38. The van der Waals surface area contributed by atoms with E-state index >= 15 is 0 Å². The van der Waals surface area contributed by atoms with Crippen LogP contribution in [0.4, 0.5) is 0 Å². The van der Waals surface area contributed by atoms with Crippen molar-refractivity contribution in [1.82, 2.24) is 20.1 Å². The highest BCUT2D eigenvalue weighted by atomic mass is 15.3. The van der Waals surface area contributed by atoms with Gasteiger partial charge in [-0.3, -0.25) is 0 Å². The second-order valence-corrected chi connectivity index (χ2v) is 5.51. The van der Waals surface area contributed by atoms with Crippen LogP contribution in [0.25, 0.3) is 0 Å². The molecule has 2 heterocycles. The van der Waals surface area contributed by atoms with Crippen LogP contribution < -0.4 is 5.32 Å². The zero-order chi connectivity index (χ0) is 11.2. The summed E-state index contributed by atoms with van der Waals surface area (Å²) in [6.45, 7) is 6.58. The number of hydrogen-bond donors (Lipinski definition) is 1. The van der Waals surface area contributed by atoms with Crippen molar-refractivity contribution in [3.63, 3.8) is 0 Å². The molecule has 4 nitrogen and oxygen atoms in total. The summed E-state index contributed by atoms with van der Waals surface area (Å²) in [5, 5.41) is 12.2. The maximum Gasteiger partial charge on any atom is 0.140 e. The Hall–Kier alpha value is -0.900. The minimum atomic E-state index is 0.183. The molecule has 3 rings (SSSR count). The Kier molecular flexibility index (Phi) is 2.28. The molecule has 4 heteroatoms. The maximum absolute atomic E-state index is 4.45. The molecule has 0 bridgehead atoms. The van der Waals surface area contributed by atoms with E-state index in [2.05, 4.69) is 33.9 Å². The Labute approximate surface area is 96.4 Å². The average Bonchev–Trinajstić information content (AvgIpc) is 3.03. The Morgan fingerprint density at radius 3 is 2.81 bits per heavy atom. The zero-order valence-electron chi connectivity index (χ0n) is 10.2. The van der Waals surface area contributed by atoms with E-state index in [1.165, 1.54) is 31.5 Å². The van der Waals surface area contributed by atoms with E-state index in [-0.39, 0.29) is 5.41 Å². The predicted molar refractivity (Wildman–Crippen MR) is 62.5 cm³/mol. The van der Waals surface area contributed by atoms with Gasteiger partial charge in [-0.1, -0.05) is 6.92 Å². The van der Waals surface area contributed by atoms with Gasteiger partial charge in [0.1, 0.15) is 11.6 Å². The Balaban J connectivity index is 1.98. The lowest BCUT2D eigenvalue weighted by molar-refractivity contribution is 0.312. The average molecular weight is 220 g/mol. The molecule has 2 aliphatic rings. The Morgan fingerprint density at radius 1 is 1.38 bits per heavy atom. The summed E-state index contributed by atoms with van der Waals surface area (Å²) in [6, 6.07) is 0.684. The van der Waals surface area contributed by atoms with E-state index in [0.717, 1.165) is 18.9 Å². The van der Waals surface area contributed by atoms with Gasteiger partial charge in [-0.2, -0.15) is 0 Å². The molecule has 88 valence electrons. The summed E-state index contributed by atoms with van der Waals surface area (Å²) in [6.07, 6.45) is 5.07. The molecule has 16 heavy (non-hydrogen) atoms. The largest absolute Gasteiger partial charge is 0.316 e. The lowest BCUT2D eigenvalue weighted by atomic mass is 9.82. The summed E-state index contributed by atoms with van der Waals surface area (Å²) in [5.74, 6) is 2.30. The first-order valence-corrected chi connectivity index (χ1v) is 6.33. The molecular formula is C12H20N4. The third kappa shape index (κ3) is 1.56. The standard InChI is InChI=1S/C12H20N4/c1-9-14-15-11(16(9)10-4-5-10)12(2)6-3-7-13-8-12/h10,13H,3-8H2,1-2H3. The number of nitrogens with zero attached hydrogens (tertiary/aromatic N) is 3. The summed E-state index contributed by atoms with van der Waals surface area (Å²) in [5.41, 5.74) is 0.183. The highest BCUT2D eigenvalue weighted by Gasteiger charge is 2.38. The molecular weight excluding hydrogens is 200 g/mol.